The van der Waals surface area contributed by atoms with Gasteiger partial charge in [0.1, 0.15) is 6.61 Å². The lowest BCUT2D eigenvalue weighted by molar-refractivity contribution is -0.143. The van der Waals surface area contributed by atoms with E-state index in [-0.39, 0.29) is 18.7 Å². The molecule has 0 radical (unpaired) electrons. The lowest BCUT2D eigenvalue weighted by Gasteiger charge is -2.41. The minimum Gasteiger partial charge on any atom is -0.394 e. The summed E-state index contributed by atoms with van der Waals surface area (Å²) < 4.78 is 86.9. The number of alkyl halides is 6. The molecule has 2 saturated heterocycles. The number of para-hydroxylation sites is 1. The van der Waals surface area contributed by atoms with Gasteiger partial charge in [-0.3, -0.25) is 14.6 Å². The van der Waals surface area contributed by atoms with Gasteiger partial charge in [0, 0.05) is 74.0 Å². The van der Waals surface area contributed by atoms with Gasteiger partial charge in [-0.05, 0) is 50.1 Å². The van der Waals surface area contributed by atoms with Crippen molar-refractivity contribution in [3.05, 3.63) is 70.9 Å². The number of benzene rings is 2. The first-order chi connectivity index (χ1) is 21.8. The highest BCUT2D eigenvalue weighted by Gasteiger charge is 2.39. The van der Waals surface area contributed by atoms with E-state index >= 15 is 0 Å². The second-order valence-electron chi connectivity index (χ2n) is 11.9. The summed E-state index contributed by atoms with van der Waals surface area (Å²) >= 11 is 0. The first-order valence-electron chi connectivity index (χ1n) is 15.1. The van der Waals surface area contributed by atoms with Gasteiger partial charge in [0.05, 0.1) is 30.1 Å². The summed E-state index contributed by atoms with van der Waals surface area (Å²) in [7, 11) is 0. The van der Waals surface area contributed by atoms with E-state index < -0.39 is 41.0 Å². The van der Waals surface area contributed by atoms with E-state index in [2.05, 4.69) is 26.9 Å². The molecule has 1 unspecified atom stereocenters. The Morgan fingerprint density at radius 2 is 1.70 bits per heavy atom. The van der Waals surface area contributed by atoms with E-state index in [0.717, 1.165) is 29.6 Å². The number of ether oxygens (including phenoxy) is 1. The van der Waals surface area contributed by atoms with Crippen LogP contribution in [0.4, 0.5) is 26.3 Å². The number of hydrogen-bond acceptors (Lipinski definition) is 6. The molecule has 2 aliphatic rings. The number of carbonyl (C=O) groups excluding carboxylic acids is 1. The second kappa shape index (κ2) is 14.0. The minimum atomic E-state index is -5.06. The van der Waals surface area contributed by atoms with Crippen LogP contribution >= 0.6 is 0 Å². The van der Waals surface area contributed by atoms with E-state index in [0.29, 0.717) is 63.7 Å². The molecule has 1 N–H and O–H groups in total. The number of carbonyl (C=O) groups is 1. The Hall–Kier alpha value is -3.62. The minimum absolute atomic E-state index is 0.0318. The summed E-state index contributed by atoms with van der Waals surface area (Å²) in [4.78, 5) is 28.3. The van der Waals surface area contributed by atoms with Gasteiger partial charge in [0.15, 0.2) is 0 Å². The fourth-order valence-corrected chi connectivity index (χ4v) is 6.04. The Morgan fingerprint density at radius 3 is 2.37 bits per heavy atom. The third-order valence-electron chi connectivity index (χ3n) is 8.45. The fourth-order valence-electron chi connectivity index (χ4n) is 6.04. The van der Waals surface area contributed by atoms with Gasteiger partial charge in [-0.2, -0.15) is 26.3 Å². The van der Waals surface area contributed by atoms with Gasteiger partial charge in [0.25, 0.3) is 5.91 Å². The molecular weight excluding hydrogens is 616 g/mol. The molecule has 0 spiro atoms. The average molecular weight is 654 g/mol. The topological polar surface area (TPSA) is 73.4 Å². The van der Waals surface area contributed by atoms with Crippen molar-refractivity contribution in [2.75, 3.05) is 59.1 Å². The Labute approximate surface area is 262 Å². The van der Waals surface area contributed by atoms with Crippen molar-refractivity contribution < 1.29 is 40.7 Å². The summed E-state index contributed by atoms with van der Waals surface area (Å²) in [5, 5.41) is 5.20. The van der Waals surface area contributed by atoms with Gasteiger partial charge in [0.2, 0.25) is 0 Å². The highest BCUT2D eigenvalue weighted by Crippen LogP contribution is 2.37. The Morgan fingerprint density at radius 1 is 1.02 bits per heavy atom. The van der Waals surface area contributed by atoms with Gasteiger partial charge in [-0.15, -0.1) is 0 Å². The van der Waals surface area contributed by atoms with Crippen molar-refractivity contribution in [2.45, 2.75) is 44.7 Å². The number of aromatic amines is 1. The van der Waals surface area contributed by atoms with Crippen molar-refractivity contribution in [1.82, 2.24) is 19.7 Å². The van der Waals surface area contributed by atoms with Crippen LogP contribution in [0.3, 0.4) is 0 Å². The van der Waals surface area contributed by atoms with Crippen LogP contribution in [0.15, 0.2) is 53.8 Å². The van der Waals surface area contributed by atoms with Crippen LogP contribution < -0.4 is 0 Å². The molecule has 2 aromatic carbocycles. The number of fused-ring (bicyclic) bond motifs is 1. The molecule has 2 fully saturated rings. The highest BCUT2D eigenvalue weighted by molar-refractivity contribution is 5.95. The number of rotatable bonds is 9. The second-order valence-corrected chi connectivity index (χ2v) is 11.9. The molecule has 2 aliphatic heterocycles. The SMILES string of the molecule is CC(CN1CCN(C(=O)c2cc(C(F)(F)F)cc(C(F)(F)F)c2)[C@H](Cc2c[nH]c3ccccc23)C1)=NOCC(C)N1CCOCC1. The molecule has 3 heterocycles. The number of H-pyrrole nitrogens is 1. The predicted octanol–water partition coefficient (Wildman–Crippen LogP) is 5.69. The van der Waals surface area contributed by atoms with Crippen LogP contribution in [0.25, 0.3) is 10.9 Å². The summed E-state index contributed by atoms with van der Waals surface area (Å²) in [6.45, 7) is 8.49. The molecule has 1 amide bonds. The van der Waals surface area contributed by atoms with E-state index in [1.54, 1.807) is 0 Å². The largest absolute Gasteiger partial charge is 0.416 e. The third-order valence-corrected chi connectivity index (χ3v) is 8.45. The molecule has 0 saturated carbocycles. The summed E-state index contributed by atoms with van der Waals surface area (Å²) in [5.74, 6) is -0.882. The van der Waals surface area contributed by atoms with Crippen LogP contribution in [0.1, 0.15) is 40.9 Å². The zero-order valence-electron chi connectivity index (χ0n) is 25.6. The zero-order valence-corrected chi connectivity index (χ0v) is 25.6. The number of nitrogens with zero attached hydrogens (tertiary/aromatic N) is 4. The molecule has 2 atom stereocenters. The maximum atomic E-state index is 13.7. The molecule has 0 aliphatic carbocycles. The molecule has 0 bridgehead atoms. The molecule has 5 rings (SSSR count). The van der Waals surface area contributed by atoms with Crippen molar-refractivity contribution in [1.29, 1.82) is 0 Å². The number of amides is 1. The molecular formula is C32H37F6N5O3. The normalized spacial score (nSPS) is 19.9. The van der Waals surface area contributed by atoms with E-state index in [1.165, 1.54) is 4.90 Å². The number of piperazine rings is 1. The van der Waals surface area contributed by atoms with Crippen LogP contribution in [-0.2, 0) is 28.3 Å². The van der Waals surface area contributed by atoms with Gasteiger partial charge in [-0.25, -0.2) is 0 Å². The van der Waals surface area contributed by atoms with Crippen molar-refractivity contribution >= 4 is 22.5 Å². The van der Waals surface area contributed by atoms with Crippen molar-refractivity contribution in [2.24, 2.45) is 5.16 Å². The number of oxime groups is 1. The first-order valence-corrected chi connectivity index (χ1v) is 15.1. The fraction of sp³-hybridized carbons (Fsp3) is 0.500. The zero-order chi connectivity index (χ0) is 33.1. The van der Waals surface area contributed by atoms with Crippen LogP contribution in [0.5, 0.6) is 0 Å². The number of aromatic nitrogens is 1. The maximum Gasteiger partial charge on any atom is 0.416 e. The van der Waals surface area contributed by atoms with Crippen LogP contribution in [0.2, 0.25) is 0 Å². The maximum absolute atomic E-state index is 13.7. The Balaban J connectivity index is 1.35. The van der Waals surface area contributed by atoms with E-state index in [1.807, 2.05) is 37.4 Å². The summed E-state index contributed by atoms with van der Waals surface area (Å²) in [6, 6.07) is 8.21. The summed E-state index contributed by atoms with van der Waals surface area (Å²) in [6.07, 6.45) is -7.97. The summed E-state index contributed by atoms with van der Waals surface area (Å²) in [5.41, 5.74) is -1.24. The quantitative estimate of drug-likeness (QED) is 0.183. The molecule has 14 heteroatoms. The smallest absolute Gasteiger partial charge is 0.394 e. The van der Waals surface area contributed by atoms with E-state index in [9.17, 15) is 31.1 Å². The number of halogens is 6. The number of hydrogen-bond donors (Lipinski definition) is 1. The lowest BCUT2D eigenvalue weighted by atomic mass is 9.98. The molecule has 8 nitrogen and oxygen atoms in total. The van der Waals surface area contributed by atoms with Gasteiger partial charge < -0.3 is 19.5 Å². The average Bonchev–Trinajstić information content (AvgIpc) is 3.43. The number of morpholine rings is 1. The monoisotopic (exact) mass is 653 g/mol. The third kappa shape index (κ3) is 8.20. The highest BCUT2D eigenvalue weighted by atomic mass is 19.4. The van der Waals surface area contributed by atoms with Crippen LogP contribution in [-0.4, -0.2) is 102 Å². The van der Waals surface area contributed by atoms with Gasteiger partial charge in [-0.1, -0.05) is 23.4 Å². The number of nitrogens with one attached hydrogen (secondary N) is 1. The van der Waals surface area contributed by atoms with Crippen molar-refractivity contribution in [3.63, 3.8) is 0 Å². The Bertz CT molecular complexity index is 1500. The van der Waals surface area contributed by atoms with Gasteiger partial charge >= 0.3 is 12.4 Å². The first kappa shape index (κ1) is 33.7. The van der Waals surface area contributed by atoms with E-state index in [4.69, 9.17) is 9.57 Å². The molecule has 250 valence electrons. The standard InChI is InChI=1S/C32H37F6N5O3/c1-21(40-46-20-22(2)42-9-11-45-12-10-42)18-41-7-8-43(27(19-41)15-24-17-39-29-6-4-3-5-28(24)29)30(44)23-13-25(31(33,34)35)16-26(14-23)32(36,37)38/h3-6,13-14,16-17,22,27,39H,7-12,15,18-20H2,1-2H3/t22?,27-/m1/s1. The molecule has 1 aromatic heterocycles. The van der Waals surface area contributed by atoms with Crippen LogP contribution in [0, 0.1) is 0 Å². The molecule has 46 heavy (non-hydrogen) atoms. The lowest BCUT2D eigenvalue weighted by Crippen LogP contribution is -2.56. The molecule has 3 aromatic rings. The predicted molar refractivity (Wildman–Crippen MR) is 161 cm³/mol. The Kier molecular flexibility index (Phi) is 10.3. The van der Waals surface area contributed by atoms with Crippen molar-refractivity contribution in [3.8, 4) is 0 Å².